The van der Waals surface area contributed by atoms with Gasteiger partial charge in [-0.05, 0) is 25.1 Å². The van der Waals surface area contributed by atoms with Gasteiger partial charge in [0.05, 0.1) is 12.2 Å². The van der Waals surface area contributed by atoms with E-state index in [2.05, 4.69) is 30.7 Å². The summed E-state index contributed by atoms with van der Waals surface area (Å²) in [5.41, 5.74) is 2.84. The lowest BCUT2D eigenvalue weighted by molar-refractivity contribution is 0.151. The van der Waals surface area contributed by atoms with E-state index in [1.54, 1.807) is 13.3 Å². The summed E-state index contributed by atoms with van der Waals surface area (Å²) >= 11 is 0. The molecule has 4 heterocycles. The first-order valence-corrected chi connectivity index (χ1v) is 8.39. The molecule has 0 radical (unpaired) electrons. The van der Waals surface area contributed by atoms with Crippen LogP contribution in [0, 0.1) is 0 Å². The molecule has 0 aromatic carbocycles. The summed E-state index contributed by atoms with van der Waals surface area (Å²) in [5.74, 6) is 2.39. The van der Waals surface area contributed by atoms with Gasteiger partial charge >= 0.3 is 0 Å². The number of rotatable bonds is 6. The molecule has 0 atom stereocenters. The van der Waals surface area contributed by atoms with E-state index in [1.165, 1.54) is 0 Å². The number of pyridine rings is 1. The van der Waals surface area contributed by atoms with Crippen LogP contribution in [0.4, 0.5) is 5.82 Å². The van der Waals surface area contributed by atoms with Gasteiger partial charge in [0.25, 0.3) is 5.89 Å². The quantitative estimate of drug-likeness (QED) is 0.678. The van der Waals surface area contributed by atoms with Crippen molar-refractivity contribution in [1.82, 2.24) is 30.4 Å². The SMILES string of the molecule is COCc1nc(CNc2nc(-c3ccccn3)nc3c2CCNC3)no1. The lowest BCUT2D eigenvalue weighted by atomic mass is 10.1. The zero-order valence-corrected chi connectivity index (χ0v) is 14.4. The predicted molar refractivity (Wildman–Crippen MR) is 93.0 cm³/mol. The van der Waals surface area contributed by atoms with Gasteiger partial charge in [0.15, 0.2) is 11.6 Å². The molecule has 0 fully saturated rings. The molecule has 26 heavy (non-hydrogen) atoms. The molecule has 4 rings (SSSR count). The number of fused-ring (bicyclic) bond motifs is 1. The minimum Gasteiger partial charge on any atom is -0.375 e. The zero-order valence-electron chi connectivity index (χ0n) is 14.4. The van der Waals surface area contributed by atoms with Crippen LogP contribution < -0.4 is 10.6 Å². The summed E-state index contributed by atoms with van der Waals surface area (Å²) in [4.78, 5) is 18.0. The molecule has 0 saturated heterocycles. The van der Waals surface area contributed by atoms with Gasteiger partial charge in [0, 0.05) is 25.4 Å². The fourth-order valence-corrected chi connectivity index (χ4v) is 2.82. The van der Waals surface area contributed by atoms with Crippen LogP contribution in [0.1, 0.15) is 23.0 Å². The van der Waals surface area contributed by atoms with Crippen molar-refractivity contribution in [3.8, 4) is 11.5 Å². The maximum Gasteiger partial charge on any atom is 0.252 e. The van der Waals surface area contributed by atoms with E-state index in [0.717, 1.165) is 35.7 Å². The van der Waals surface area contributed by atoms with Gasteiger partial charge in [-0.3, -0.25) is 4.98 Å². The van der Waals surface area contributed by atoms with Crippen molar-refractivity contribution in [2.75, 3.05) is 19.0 Å². The van der Waals surface area contributed by atoms with Gasteiger partial charge < -0.3 is 19.9 Å². The smallest absolute Gasteiger partial charge is 0.252 e. The Bertz CT molecular complexity index is 882. The van der Waals surface area contributed by atoms with E-state index in [9.17, 15) is 0 Å². The van der Waals surface area contributed by atoms with Crippen LogP contribution in [-0.4, -0.2) is 38.7 Å². The van der Waals surface area contributed by atoms with Crippen LogP contribution >= 0.6 is 0 Å². The number of nitrogens with zero attached hydrogens (tertiary/aromatic N) is 5. The molecule has 3 aromatic heterocycles. The second kappa shape index (κ2) is 7.54. The van der Waals surface area contributed by atoms with E-state index >= 15 is 0 Å². The average Bonchev–Trinajstić information content (AvgIpc) is 3.14. The Kier molecular flexibility index (Phi) is 4.80. The molecule has 0 aliphatic carbocycles. The van der Waals surface area contributed by atoms with Crippen LogP contribution in [0.3, 0.4) is 0 Å². The van der Waals surface area contributed by atoms with Gasteiger partial charge in [0.1, 0.15) is 18.1 Å². The van der Waals surface area contributed by atoms with Crippen LogP contribution in [-0.2, 0) is 30.9 Å². The maximum atomic E-state index is 5.12. The highest BCUT2D eigenvalue weighted by molar-refractivity contribution is 5.57. The molecule has 9 heteroatoms. The predicted octanol–water partition coefficient (Wildman–Crippen LogP) is 1.33. The molecule has 2 N–H and O–H groups in total. The molecule has 9 nitrogen and oxygen atoms in total. The molecule has 1 aliphatic rings. The second-order valence-electron chi connectivity index (χ2n) is 5.85. The van der Waals surface area contributed by atoms with Crippen molar-refractivity contribution in [2.24, 2.45) is 0 Å². The van der Waals surface area contributed by atoms with Gasteiger partial charge in [-0.2, -0.15) is 4.98 Å². The van der Waals surface area contributed by atoms with Gasteiger partial charge in [0.2, 0.25) is 0 Å². The third kappa shape index (κ3) is 3.53. The number of hydrogen-bond donors (Lipinski definition) is 2. The highest BCUT2D eigenvalue weighted by atomic mass is 16.5. The van der Waals surface area contributed by atoms with Gasteiger partial charge in [-0.25, -0.2) is 9.97 Å². The Morgan fingerprint density at radius 1 is 1.27 bits per heavy atom. The number of anilines is 1. The van der Waals surface area contributed by atoms with E-state index < -0.39 is 0 Å². The van der Waals surface area contributed by atoms with Gasteiger partial charge in [-0.15, -0.1) is 0 Å². The highest BCUT2D eigenvalue weighted by Crippen LogP contribution is 2.24. The Balaban J connectivity index is 1.61. The van der Waals surface area contributed by atoms with E-state index in [4.69, 9.17) is 14.2 Å². The Morgan fingerprint density at radius 3 is 3.08 bits per heavy atom. The molecular weight excluding hydrogens is 334 g/mol. The first-order chi connectivity index (χ1) is 12.8. The van der Waals surface area contributed by atoms with Crippen LogP contribution in [0.2, 0.25) is 0 Å². The topological polar surface area (TPSA) is 111 Å². The van der Waals surface area contributed by atoms with E-state index in [0.29, 0.717) is 37.2 Å². The third-order valence-electron chi connectivity index (χ3n) is 4.02. The van der Waals surface area contributed by atoms with Crippen molar-refractivity contribution in [3.05, 3.63) is 47.4 Å². The zero-order chi connectivity index (χ0) is 17.8. The Labute approximate surface area is 150 Å². The molecule has 1 aliphatic heterocycles. The maximum absolute atomic E-state index is 5.12. The average molecular weight is 353 g/mol. The summed E-state index contributed by atoms with van der Waals surface area (Å²) in [6, 6.07) is 5.70. The second-order valence-corrected chi connectivity index (χ2v) is 5.85. The fraction of sp³-hybridized carbons (Fsp3) is 0.353. The number of methoxy groups -OCH3 is 1. The molecule has 0 saturated carbocycles. The molecule has 0 spiro atoms. The van der Waals surface area contributed by atoms with Crippen molar-refractivity contribution in [3.63, 3.8) is 0 Å². The number of hydrogen-bond acceptors (Lipinski definition) is 9. The third-order valence-corrected chi connectivity index (χ3v) is 4.02. The van der Waals surface area contributed by atoms with Crippen LogP contribution in [0.15, 0.2) is 28.9 Å². The monoisotopic (exact) mass is 353 g/mol. The fourth-order valence-electron chi connectivity index (χ4n) is 2.82. The standard InChI is InChI=1S/C17H19N7O2/c1-25-10-15-22-14(24-26-15)9-20-16-11-5-7-18-8-13(11)21-17(23-16)12-4-2-3-6-19-12/h2-4,6,18H,5,7-10H2,1H3,(H,20,21,23). The molecular formula is C17H19N7O2. The molecule has 134 valence electrons. The van der Waals surface area contributed by atoms with Crippen molar-refractivity contribution in [2.45, 2.75) is 26.1 Å². The van der Waals surface area contributed by atoms with Crippen molar-refractivity contribution < 1.29 is 9.26 Å². The normalized spacial score (nSPS) is 13.4. The lowest BCUT2D eigenvalue weighted by Gasteiger charge is -2.20. The first kappa shape index (κ1) is 16.6. The van der Waals surface area contributed by atoms with E-state index in [-0.39, 0.29) is 0 Å². The van der Waals surface area contributed by atoms with Crippen LogP contribution in [0.25, 0.3) is 11.5 Å². The van der Waals surface area contributed by atoms with Crippen LogP contribution in [0.5, 0.6) is 0 Å². The lowest BCUT2D eigenvalue weighted by Crippen LogP contribution is -2.26. The van der Waals surface area contributed by atoms with Crippen molar-refractivity contribution >= 4 is 5.82 Å². The first-order valence-electron chi connectivity index (χ1n) is 8.39. The van der Waals surface area contributed by atoms with E-state index in [1.807, 2.05) is 18.2 Å². The number of ether oxygens (including phenoxy) is 1. The number of nitrogens with one attached hydrogen (secondary N) is 2. The number of aromatic nitrogens is 5. The summed E-state index contributed by atoms with van der Waals surface area (Å²) in [5, 5.41) is 10.6. The minimum atomic E-state index is 0.297. The summed E-state index contributed by atoms with van der Waals surface area (Å²) in [6.45, 7) is 2.32. The molecule has 0 unspecified atom stereocenters. The highest BCUT2D eigenvalue weighted by Gasteiger charge is 2.19. The Hall–Kier alpha value is -2.91. The molecule has 0 bridgehead atoms. The summed E-state index contributed by atoms with van der Waals surface area (Å²) in [7, 11) is 1.59. The molecule has 3 aromatic rings. The largest absolute Gasteiger partial charge is 0.375 e. The summed E-state index contributed by atoms with van der Waals surface area (Å²) in [6.07, 6.45) is 2.60. The van der Waals surface area contributed by atoms with Gasteiger partial charge in [-0.1, -0.05) is 11.2 Å². The minimum absolute atomic E-state index is 0.297. The molecule has 0 amide bonds. The van der Waals surface area contributed by atoms with Crippen molar-refractivity contribution in [1.29, 1.82) is 0 Å². The Morgan fingerprint density at radius 2 is 2.23 bits per heavy atom. The summed E-state index contributed by atoms with van der Waals surface area (Å²) < 4.78 is 10.1.